The molecule has 3 aromatic rings. The maximum Gasteiger partial charge on any atom is 0.332 e. The van der Waals surface area contributed by atoms with E-state index in [1.54, 1.807) is 11.6 Å². The summed E-state index contributed by atoms with van der Waals surface area (Å²) in [5.74, 6) is 1.20. The Labute approximate surface area is 168 Å². The average molecular weight is 401 g/mol. The molecule has 156 valence electrons. The number of ether oxygens (including phenoxy) is 1. The van der Waals surface area contributed by atoms with Crippen LogP contribution in [0.2, 0.25) is 0 Å². The standard InChI is InChI=1S/C20H27N5O4/c1-5-24(6-2)19-21-17-16(18(27)23(4)20(28)22(17)3)25(19)12-14(26)13-29-15-10-8-7-9-11-15/h7-11,14,26H,5-6,12-13H2,1-4H3. The van der Waals surface area contributed by atoms with E-state index in [0.717, 1.165) is 4.57 Å². The van der Waals surface area contributed by atoms with Crippen molar-refractivity contribution < 1.29 is 9.84 Å². The molecule has 0 aliphatic heterocycles. The van der Waals surface area contributed by atoms with E-state index in [0.29, 0.717) is 30.4 Å². The number of aliphatic hydroxyl groups is 1. The second-order valence-corrected chi connectivity index (χ2v) is 6.85. The number of aliphatic hydroxyl groups excluding tert-OH is 1. The van der Waals surface area contributed by atoms with Crippen LogP contribution in [0.3, 0.4) is 0 Å². The molecule has 0 radical (unpaired) electrons. The minimum atomic E-state index is -0.871. The molecule has 9 nitrogen and oxygen atoms in total. The predicted octanol–water partition coefficient (Wildman–Crippen LogP) is 0.720. The van der Waals surface area contributed by atoms with E-state index in [1.165, 1.54) is 11.6 Å². The zero-order valence-corrected chi connectivity index (χ0v) is 17.2. The molecule has 0 aliphatic carbocycles. The second kappa shape index (κ2) is 8.52. The Bertz CT molecular complexity index is 1100. The van der Waals surface area contributed by atoms with Gasteiger partial charge in [0.05, 0.1) is 6.54 Å². The molecule has 0 bridgehead atoms. The Morgan fingerprint density at radius 2 is 1.76 bits per heavy atom. The van der Waals surface area contributed by atoms with Gasteiger partial charge in [0.15, 0.2) is 11.2 Å². The zero-order valence-electron chi connectivity index (χ0n) is 17.2. The first-order chi connectivity index (χ1) is 13.9. The fourth-order valence-corrected chi connectivity index (χ4v) is 3.33. The van der Waals surface area contributed by atoms with Crippen molar-refractivity contribution in [3.8, 4) is 5.75 Å². The molecule has 0 fully saturated rings. The minimum absolute atomic E-state index is 0.0630. The maximum absolute atomic E-state index is 12.9. The Morgan fingerprint density at radius 1 is 1.10 bits per heavy atom. The summed E-state index contributed by atoms with van der Waals surface area (Å²) >= 11 is 0. The highest BCUT2D eigenvalue weighted by molar-refractivity contribution is 5.74. The van der Waals surface area contributed by atoms with Crippen LogP contribution in [0.25, 0.3) is 11.2 Å². The normalized spacial score (nSPS) is 12.3. The van der Waals surface area contributed by atoms with Crippen molar-refractivity contribution in [3.05, 3.63) is 51.2 Å². The highest BCUT2D eigenvalue weighted by atomic mass is 16.5. The van der Waals surface area contributed by atoms with Gasteiger partial charge in [0.1, 0.15) is 18.5 Å². The lowest BCUT2D eigenvalue weighted by molar-refractivity contribution is 0.0936. The van der Waals surface area contributed by atoms with Crippen LogP contribution in [0, 0.1) is 0 Å². The quantitative estimate of drug-likeness (QED) is 0.598. The summed E-state index contributed by atoms with van der Waals surface area (Å²) < 4.78 is 9.74. The van der Waals surface area contributed by atoms with E-state index in [1.807, 2.05) is 49.1 Å². The lowest BCUT2D eigenvalue weighted by atomic mass is 10.3. The van der Waals surface area contributed by atoms with Gasteiger partial charge < -0.3 is 19.3 Å². The van der Waals surface area contributed by atoms with Crippen molar-refractivity contribution >= 4 is 17.1 Å². The molecule has 0 spiro atoms. The number of fused-ring (bicyclic) bond motifs is 1. The Morgan fingerprint density at radius 3 is 2.38 bits per heavy atom. The average Bonchev–Trinajstić information content (AvgIpc) is 3.10. The van der Waals surface area contributed by atoms with E-state index in [4.69, 9.17) is 4.74 Å². The number of rotatable bonds is 8. The third-order valence-corrected chi connectivity index (χ3v) is 4.95. The summed E-state index contributed by atoms with van der Waals surface area (Å²) in [4.78, 5) is 31.7. The Balaban J connectivity index is 2.03. The van der Waals surface area contributed by atoms with Crippen molar-refractivity contribution in [1.29, 1.82) is 0 Å². The van der Waals surface area contributed by atoms with Gasteiger partial charge in [-0.25, -0.2) is 4.79 Å². The van der Waals surface area contributed by atoms with Gasteiger partial charge >= 0.3 is 5.69 Å². The number of imidazole rings is 1. The van der Waals surface area contributed by atoms with Crippen LogP contribution < -0.4 is 20.9 Å². The molecule has 9 heteroatoms. The van der Waals surface area contributed by atoms with E-state index in [-0.39, 0.29) is 18.7 Å². The van der Waals surface area contributed by atoms with Crippen molar-refractivity contribution in [3.63, 3.8) is 0 Å². The van der Waals surface area contributed by atoms with Gasteiger partial charge in [0.2, 0.25) is 5.95 Å². The molecular formula is C20H27N5O4. The lowest BCUT2D eigenvalue weighted by Crippen LogP contribution is -2.38. The third-order valence-electron chi connectivity index (χ3n) is 4.95. The van der Waals surface area contributed by atoms with Gasteiger partial charge in [-0.2, -0.15) is 4.98 Å². The van der Waals surface area contributed by atoms with E-state index in [9.17, 15) is 14.7 Å². The summed E-state index contributed by atoms with van der Waals surface area (Å²) in [6.07, 6.45) is -0.871. The van der Waals surface area contributed by atoms with Gasteiger partial charge in [-0.1, -0.05) is 18.2 Å². The van der Waals surface area contributed by atoms with Crippen LogP contribution in [0.5, 0.6) is 5.75 Å². The largest absolute Gasteiger partial charge is 0.491 e. The van der Waals surface area contributed by atoms with Crippen LogP contribution in [-0.2, 0) is 20.6 Å². The summed E-state index contributed by atoms with van der Waals surface area (Å²) in [6.45, 7) is 5.49. The van der Waals surface area contributed by atoms with Gasteiger partial charge in [-0.15, -0.1) is 0 Å². The summed E-state index contributed by atoms with van der Waals surface area (Å²) in [7, 11) is 3.02. The van der Waals surface area contributed by atoms with E-state index < -0.39 is 17.4 Å². The first kappa shape index (κ1) is 20.7. The molecule has 1 aromatic carbocycles. The van der Waals surface area contributed by atoms with Crippen molar-refractivity contribution in [2.75, 3.05) is 24.6 Å². The fourth-order valence-electron chi connectivity index (χ4n) is 3.33. The molecule has 1 atom stereocenters. The molecule has 0 amide bonds. The number of aromatic nitrogens is 4. The molecule has 1 N–H and O–H groups in total. The topological polar surface area (TPSA) is 94.5 Å². The molecule has 0 aliphatic rings. The predicted molar refractivity (Wildman–Crippen MR) is 112 cm³/mol. The van der Waals surface area contributed by atoms with Gasteiger partial charge in [0, 0.05) is 27.2 Å². The van der Waals surface area contributed by atoms with Crippen LogP contribution >= 0.6 is 0 Å². The van der Waals surface area contributed by atoms with Crippen LogP contribution in [0.4, 0.5) is 5.95 Å². The fraction of sp³-hybridized carbons (Fsp3) is 0.450. The highest BCUT2D eigenvalue weighted by Crippen LogP contribution is 2.20. The molecule has 2 heterocycles. The molecule has 1 unspecified atom stereocenters. The summed E-state index contributed by atoms with van der Waals surface area (Å²) in [5.41, 5.74) is -0.289. The Kier molecular flexibility index (Phi) is 6.07. The minimum Gasteiger partial charge on any atom is -0.491 e. The smallest absolute Gasteiger partial charge is 0.332 e. The Hall–Kier alpha value is -3.07. The van der Waals surface area contributed by atoms with Crippen molar-refractivity contribution in [1.82, 2.24) is 18.7 Å². The SMILES string of the molecule is CCN(CC)c1nc2c(c(=O)n(C)c(=O)n2C)n1CC(O)COc1ccccc1. The molecular weight excluding hydrogens is 374 g/mol. The van der Waals surface area contributed by atoms with Crippen LogP contribution in [0.1, 0.15) is 13.8 Å². The van der Waals surface area contributed by atoms with Crippen molar-refractivity contribution in [2.45, 2.75) is 26.5 Å². The number of hydrogen-bond donors (Lipinski definition) is 1. The zero-order chi connectivity index (χ0) is 21.1. The van der Waals surface area contributed by atoms with Crippen LogP contribution in [0.15, 0.2) is 39.9 Å². The van der Waals surface area contributed by atoms with Gasteiger partial charge in [-0.05, 0) is 26.0 Å². The monoisotopic (exact) mass is 401 g/mol. The molecule has 0 saturated heterocycles. The lowest BCUT2D eigenvalue weighted by Gasteiger charge is -2.22. The molecule has 29 heavy (non-hydrogen) atoms. The maximum atomic E-state index is 12.9. The number of hydrogen-bond acceptors (Lipinski definition) is 6. The first-order valence-corrected chi connectivity index (χ1v) is 9.66. The number of para-hydroxylation sites is 1. The number of anilines is 1. The molecule has 3 rings (SSSR count). The van der Waals surface area contributed by atoms with E-state index in [2.05, 4.69) is 4.98 Å². The van der Waals surface area contributed by atoms with Crippen LogP contribution in [-0.4, -0.2) is 49.6 Å². The molecule has 0 saturated carbocycles. The highest BCUT2D eigenvalue weighted by Gasteiger charge is 2.23. The molecule has 2 aromatic heterocycles. The number of nitrogens with zero attached hydrogens (tertiary/aromatic N) is 5. The number of benzene rings is 1. The first-order valence-electron chi connectivity index (χ1n) is 9.66. The summed E-state index contributed by atoms with van der Waals surface area (Å²) in [5, 5.41) is 10.6. The van der Waals surface area contributed by atoms with Gasteiger partial charge in [-0.3, -0.25) is 13.9 Å². The second-order valence-electron chi connectivity index (χ2n) is 6.85. The van der Waals surface area contributed by atoms with E-state index >= 15 is 0 Å². The summed E-state index contributed by atoms with van der Waals surface area (Å²) in [6, 6.07) is 9.22. The van der Waals surface area contributed by atoms with Crippen molar-refractivity contribution in [2.24, 2.45) is 14.1 Å². The van der Waals surface area contributed by atoms with Gasteiger partial charge in [0.25, 0.3) is 5.56 Å². The number of aryl methyl sites for hydroxylation is 1. The third kappa shape index (κ3) is 3.91.